The summed E-state index contributed by atoms with van der Waals surface area (Å²) in [4.78, 5) is 65.3. The molecule has 13 heteroatoms. The van der Waals surface area contributed by atoms with Crippen molar-refractivity contribution in [2.24, 2.45) is 17.8 Å². The number of amides is 4. The minimum atomic E-state index is -0.747. The molecule has 12 nitrogen and oxygen atoms in total. The van der Waals surface area contributed by atoms with E-state index in [0.717, 1.165) is 23.4 Å². The lowest BCUT2D eigenvalue weighted by Gasteiger charge is -2.41. The molecule has 4 amide bonds. The number of carbonyl (C=O) groups excluding carboxylic acids is 4. The fraction of sp³-hybridized carbons (Fsp3) is 0.683. The fourth-order valence-corrected chi connectivity index (χ4v) is 8.57. The molecule has 1 aliphatic rings. The van der Waals surface area contributed by atoms with Crippen LogP contribution in [0.5, 0.6) is 0 Å². The van der Waals surface area contributed by atoms with Gasteiger partial charge in [-0.2, -0.15) is 0 Å². The Morgan fingerprint density at radius 3 is 2.19 bits per heavy atom. The molecule has 302 valence electrons. The van der Waals surface area contributed by atoms with Crippen LogP contribution in [0.4, 0.5) is 0 Å². The maximum atomic E-state index is 14.2. The number of methoxy groups -OCH3 is 2. The smallest absolute Gasteiger partial charge is 0.245 e. The summed E-state index contributed by atoms with van der Waals surface area (Å²) in [5.41, 5.74) is 1.10. The molecule has 1 saturated heterocycles. The monoisotopic (exact) mass is 770 g/mol. The number of aromatic nitrogens is 1. The molecule has 3 rings (SSSR count). The predicted octanol–water partition coefficient (Wildman–Crippen LogP) is 4.94. The molecule has 54 heavy (non-hydrogen) atoms. The molecule has 1 aliphatic heterocycles. The van der Waals surface area contributed by atoms with Gasteiger partial charge in [0, 0.05) is 39.4 Å². The van der Waals surface area contributed by atoms with Crippen LogP contribution < -0.4 is 10.6 Å². The highest BCUT2D eigenvalue weighted by Crippen LogP contribution is 2.29. The van der Waals surface area contributed by atoms with Gasteiger partial charge >= 0.3 is 0 Å². The quantitative estimate of drug-likeness (QED) is 0.183. The first-order valence-corrected chi connectivity index (χ1v) is 20.3. The van der Waals surface area contributed by atoms with Gasteiger partial charge in [-0.3, -0.25) is 24.1 Å². The zero-order valence-corrected chi connectivity index (χ0v) is 35.2. The first-order valence-electron chi connectivity index (χ1n) is 19.5. The van der Waals surface area contributed by atoms with E-state index in [1.807, 2.05) is 87.3 Å². The third-order valence-corrected chi connectivity index (χ3v) is 11.8. The van der Waals surface area contributed by atoms with Crippen molar-refractivity contribution in [2.45, 2.75) is 122 Å². The van der Waals surface area contributed by atoms with E-state index in [2.05, 4.69) is 29.5 Å². The van der Waals surface area contributed by atoms with Gasteiger partial charge in [-0.1, -0.05) is 78.3 Å². The van der Waals surface area contributed by atoms with Gasteiger partial charge in [0.1, 0.15) is 11.0 Å². The summed E-state index contributed by atoms with van der Waals surface area (Å²) in [6.45, 7) is 12.5. The van der Waals surface area contributed by atoms with Crippen LogP contribution in [0.15, 0.2) is 41.9 Å². The van der Waals surface area contributed by atoms with Crippen molar-refractivity contribution in [1.29, 1.82) is 0 Å². The number of ether oxygens (including phenoxy) is 2. The summed E-state index contributed by atoms with van der Waals surface area (Å²) in [5, 5.41) is 8.97. The van der Waals surface area contributed by atoms with E-state index < -0.39 is 24.3 Å². The van der Waals surface area contributed by atoms with Crippen LogP contribution in [0.3, 0.4) is 0 Å². The third kappa shape index (κ3) is 12.1. The summed E-state index contributed by atoms with van der Waals surface area (Å²) in [5.74, 6) is -0.789. The SMILES string of the molecule is CC[C@H](C)[C@@H]([C@@H](CC(=O)N1CCC[C@H]1[C@@H](CC(=O)N[C@@H](Cc1ccccc1)c1nccs1)OC)OC)N(C)C(=O)[C@@H](NC(=O)[C@H](C(C)C)N(C)C)C(C)C. The van der Waals surface area contributed by atoms with Gasteiger partial charge in [0.25, 0.3) is 0 Å². The van der Waals surface area contributed by atoms with Crippen molar-refractivity contribution in [3.8, 4) is 0 Å². The first kappa shape index (κ1) is 45.0. The molecule has 1 aromatic heterocycles. The molecule has 2 heterocycles. The van der Waals surface area contributed by atoms with Crippen LogP contribution in [-0.2, 0) is 35.1 Å². The van der Waals surface area contributed by atoms with Gasteiger partial charge in [-0.05, 0) is 56.7 Å². The Labute approximate surface area is 327 Å². The lowest BCUT2D eigenvalue weighted by molar-refractivity contribution is -0.147. The zero-order chi connectivity index (χ0) is 40.1. The molecule has 8 atom stereocenters. The Kier molecular flexibility index (Phi) is 18.0. The normalized spacial score (nSPS) is 18.6. The van der Waals surface area contributed by atoms with Gasteiger partial charge < -0.3 is 29.9 Å². The lowest BCUT2D eigenvalue weighted by atomic mass is 9.89. The van der Waals surface area contributed by atoms with E-state index >= 15 is 0 Å². The van der Waals surface area contributed by atoms with E-state index in [1.165, 1.54) is 11.3 Å². The maximum absolute atomic E-state index is 14.2. The van der Waals surface area contributed by atoms with Crippen LogP contribution >= 0.6 is 11.3 Å². The minimum Gasteiger partial charge on any atom is -0.379 e. The summed E-state index contributed by atoms with van der Waals surface area (Å²) >= 11 is 1.51. The second-order valence-electron chi connectivity index (χ2n) is 15.6. The van der Waals surface area contributed by atoms with Crippen molar-refractivity contribution in [2.75, 3.05) is 41.9 Å². The minimum absolute atomic E-state index is 0.00290. The Bertz CT molecular complexity index is 1450. The summed E-state index contributed by atoms with van der Waals surface area (Å²) in [7, 11) is 8.64. The fourth-order valence-electron chi connectivity index (χ4n) is 7.88. The highest BCUT2D eigenvalue weighted by atomic mass is 32.1. The van der Waals surface area contributed by atoms with Crippen molar-refractivity contribution < 1.29 is 28.7 Å². The molecular formula is C41H66N6O6S. The Morgan fingerprint density at radius 1 is 0.963 bits per heavy atom. The number of benzene rings is 1. The lowest BCUT2D eigenvalue weighted by Crippen LogP contribution is -2.59. The van der Waals surface area contributed by atoms with Crippen LogP contribution in [0.25, 0.3) is 0 Å². The number of hydrogen-bond donors (Lipinski definition) is 2. The van der Waals surface area contributed by atoms with E-state index in [9.17, 15) is 19.2 Å². The molecular weight excluding hydrogens is 705 g/mol. The largest absolute Gasteiger partial charge is 0.379 e. The molecule has 0 spiro atoms. The molecule has 2 aromatic rings. The number of nitrogens with zero attached hydrogens (tertiary/aromatic N) is 4. The average molecular weight is 771 g/mol. The number of thiazole rings is 1. The zero-order valence-electron chi connectivity index (χ0n) is 34.4. The van der Waals surface area contributed by atoms with Gasteiger partial charge in [0.2, 0.25) is 23.6 Å². The molecule has 1 aromatic carbocycles. The van der Waals surface area contributed by atoms with Gasteiger partial charge in [0.05, 0.1) is 49.2 Å². The molecule has 0 unspecified atom stereocenters. The number of carbonyl (C=O) groups is 4. The van der Waals surface area contributed by atoms with Crippen LogP contribution in [0.1, 0.15) is 90.3 Å². The molecule has 2 N–H and O–H groups in total. The average Bonchev–Trinajstić information content (AvgIpc) is 3.85. The molecule has 0 radical (unpaired) electrons. The second-order valence-corrected chi connectivity index (χ2v) is 16.6. The molecule has 1 fully saturated rings. The van der Waals surface area contributed by atoms with E-state index in [0.29, 0.717) is 19.4 Å². The van der Waals surface area contributed by atoms with Crippen LogP contribution in [0, 0.1) is 17.8 Å². The topological polar surface area (TPSA) is 133 Å². The number of rotatable bonds is 21. The van der Waals surface area contributed by atoms with E-state index in [-0.39, 0.29) is 72.3 Å². The number of likely N-dealkylation sites (N-methyl/N-ethyl adjacent to an activating group) is 2. The Balaban J connectivity index is 1.75. The summed E-state index contributed by atoms with van der Waals surface area (Å²) in [6.07, 6.45) is 3.65. The Morgan fingerprint density at radius 2 is 1.65 bits per heavy atom. The standard InChI is InChI=1S/C41H66N6O6S/c1-12-28(6)38(46(9)41(51)36(26(2)3)44-39(50)37(27(4)5)45(7)8)33(53-11)25-35(49)47-21-16-19-31(47)32(52-10)24-34(48)43-30(40-42-20-22-54-40)23-29-17-14-13-15-18-29/h13-15,17-18,20,22,26-28,30-33,36-38H,12,16,19,21,23-25H2,1-11H3,(H,43,48)(H,44,50)/t28-,30-,31-,32+,33+,36-,37-,38-/m0/s1. The number of likely N-dealkylation sites (tertiary alicyclic amines) is 1. The molecule has 0 bridgehead atoms. The number of hydrogen-bond acceptors (Lipinski definition) is 9. The molecule has 0 saturated carbocycles. The van der Waals surface area contributed by atoms with Gasteiger partial charge in [-0.15, -0.1) is 11.3 Å². The highest BCUT2D eigenvalue weighted by Gasteiger charge is 2.41. The van der Waals surface area contributed by atoms with Crippen LogP contribution in [0.2, 0.25) is 0 Å². The number of nitrogens with one attached hydrogen (secondary N) is 2. The summed E-state index contributed by atoms with van der Waals surface area (Å²) < 4.78 is 12.0. The van der Waals surface area contributed by atoms with Gasteiger partial charge in [-0.25, -0.2) is 4.98 Å². The predicted molar refractivity (Wildman–Crippen MR) is 214 cm³/mol. The van der Waals surface area contributed by atoms with E-state index in [4.69, 9.17) is 9.47 Å². The maximum Gasteiger partial charge on any atom is 0.245 e. The van der Waals surface area contributed by atoms with Crippen LogP contribution in [-0.4, -0.2) is 122 Å². The first-order chi connectivity index (χ1) is 25.6. The summed E-state index contributed by atoms with van der Waals surface area (Å²) in [6, 6.07) is 7.87. The van der Waals surface area contributed by atoms with Crippen molar-refractivity contribution >= 4 is 35.0 Å². The molecule has 0 aliphatic carbocycles. The Hall–Kier alpha value is -3.39. The van der Waals surface area contributed by atoms with Gasteiger partial charge in [0.15, 0.2) is 0 Å². The van der Waals surface area contributed by atoms with E-state index in [1.54, 1.807) is 32.4 Å². The van der Waals surface area contributed by atoms with Crippen molar-refractivity contribution in [3.05, 3.63) is 52.5 Å². The van der Waals surface area contributed by atoms with Crippen molar-refractivity contribution in [3.63, 3.8) is 0 Å². The second kappa shape index (κ2) is 21.6. The third-order valence-electron chi connectivity index (χ3n) is 10.9. The van der Waals surface area contributed by atoms with Crippen molar-refractivity contribution in [1.82, 2.24) is 30.3 Å². The highest BCUT2D eigenvalue weighted by molar-refractivity contribution is 7.09.